The summed E-state index contributed by atoms with van der Waals surface area (Å²) in [5, 5.41) is 5.66. The van der Waals surface area contributed by atoms with Crippen LogP contribution in [0.5, 0.6) is 5.75 Å². The molecule has 29 heavy (non-hydrogen) atoms. The zero-order chi connectivity index (χ0) is 20.6. The number of pyridine rings is 1. The minimum atomic E-state index is -0.298. The van der Waals surface area contributed by atoms with Gasteiger partial charge in [-0.15, -0.1) is 0 Å². The van der Waals surface area contributed by atoms with Gasteiger partial charge in [-0.05, 0) is 61.9 Å². The fourth-order valence-electron chi connectivity index (χ4n) is 2.72. The molecule has 0 saturated heterocycles. The van der Waals surface area contributed by atoms with Gasteiger partial charge in [-0.3, -0.25) is 14.6 Å². The first-order valence-corrected chi connectivity index (χ1v) is 9.37. The summed E-state index contributed by atoms with van der Waals surface area (Å²) in [4.78, 5) is 29.2. The molecule has 0 saturated carbocycles. The van der Waals surface area contributed by atoms with E-state index in [1.807, 2.05) is 26.0 Å². The molecule has 6 nitrogen and oxygen atoms in total. The summed E-state index contributed by atoms with van der Waals surface area (Å²) in [5.74, 6) is 0.130. The van der Waals surface area contributed by atoms with Crippen molar-refractivity contribution in [3.05, 3.63) is 89.7 Å². The van der Waals surface area contributed by atoms with Crippen molar-refractivity contribution in [2.45, 2.75) is 26.5 Å². The Morgan fingerprint density at radius 2 is 1.72 bits per heavy atom. The molecular formula is C23H23N3O3. The molecule has 0 atom stereocenters. The van der Waals surface area contributed by atoms with Crippen LogP contribution in [0.4, 0.5) is 5.69 Å². The number of carbonyl (C=O) groups excluding carboxylic acids is 2. The maximum absolute atomic E-state index is 12.6. The molecule has 3 rings (SSSR count). The molecule has 0 spiro atoms. The average molecular weight is 389 g/mol. The Balaban J connectivity index is 1.68. The number of aromatic nitrogens is 1. The van der Waals surface area contributed by atoms with Gasteiger partial charge in [0, 0.05) is 24.5 Å². The third kappa shape index (κ3) is 5.65. The maximum atomic E-state index is 12.6. The Bertz CT molecular complexity index is 970. The number of hydrogen-bond donors (Lipinski definition) is 2. The summed E-state index contributed by atoms with van der Waals surface area (Å²) >= 11 is 0. The van der Waals surface area contributed by atoms with E-state index >= 15 is 0 Å². The zero-order valence-corrected chi connectivity index (χ0v) is 16.4. The Kier molecular flexibility index (Phi) is 6.58. The monoisotopic (exact) mass is 389 g/mol. The van der Waals surface area contributed by atoms with Crippen LogP contribution in [-0.4, -0.2) is 22.9 Å². The highest BCUT2D eigenvalue weighted by atomic mass is 16.5. The van der Waals surface area contributed by atoms with Crippen LogP contribution in [0.25, 0.3) is 0 Å². The highest BCUT2D eigenvalue weighted by Gasteiger charge is 2.14. The van der Waals surface area contributed by atoms with Gasteiger partial charge in [-0.1, -0.05) is 18.2 Å². The molecule has 1 aromatic heterocycles. The van der Waals surface area contributed by atoms with E-state index in [2.05, 4.69) is 15.6 Å². The number of benzene rings is 2. The number of hydrogen-bond acceptors (Lipinski definition) is 4. The minimum absolute atomic E-state index is 0.0618. The fourth-order valence-corrected chi connectivity index (χ4v) is 2.72. The highest BCUT2D eigenvalue weighted by molar-refractivity contribution is 6.09. The molecule has 2 aromatic carbocycles. The molecule has 0 unspecified atom stereocenters. The van der Waals surface area contributed by atoms with E-state index in [0.717, 1.165) is 5.56 Å². The number of nitrogens with one attached hydrogen (secondary N) is 2. The second kappa shape index (κ2) is 9.50. The van der Waals surface area contributed by atoms with E-state index in [0.29, 0.717) is 29.1 Å². The van der Waals surface area contributed by atoms with Crippen molar-refractivity contribution in [1.29, 1.82) is 0 Å². The van der Waals surface area contributed by atoms with E-state index in [1.165, 1.54) is 0 Å². The summed E-state index contributed by atoms with van der Waals surface area (Å²) in [6, 6.07) is 17.5. The second-order valence-electron chi connectivity index (χ2n) is 6.73. The largest absolute Gasteiger partial charge is 0.491 e. The lowest BCUT2D eigenvalue weighted by Gasteiger charge is -2.12. The third-order valence-corrected chi connectivity index (χ3v) is 4.08. The van der Waals surface area contributed by atoms with Crippen LogP contribution in [0.3, 0.4) is 0 Å². The summed E-state index contributed by atoms with van der Waals surface area (Å²) in [7, 11) is 0. The first kappa shape index (κ1) is 20.1. The topological polar surface area (TPSA) is 80.3 Å². The molecule has 0 aliphatic rings. The molecule has 0 bridgehead atoms. The molecule has 0 aliphatic heterocycles. The average Bonchev–Trinajstić information content (AvgIpc) is 2.73. The lowest BCUT2D eigenvalue weighted by Crippen LogP contribution is -2.25. The predicted molar refractivity (Wildman–Crippen MR) is 112 cm³/mol. The van der Waals surface area contributed by atoms with Crippen LogP contribution in [0.15, 0.2) is 73.1 Å². The summed E-state index contributed by atoms with van der Waals surface area (Å²) in [5.41, 5.74) is 2.21. The van der Waals surface area contributed by atoms with E-state index in [4.69, 9.17) is 4.74 Å². The van der Waals surface area contributed by atoms with Crippen molar-refractivity contribution in [2.75, 3.05) is 5.32 Å². The molecule has 0 radical (unpaired) electrons. The molecule has 3 aromatic rings. The van der Waals surface area contributed by atoms with Gasteiger partial charge in [0.15, 0.2) is 0 Å². The summed E-state index contributed by atoms with van der Waals surface area (Å²) < 4.78 is 5.59. The highest BCUT2D eigenvalue weighted by Crippen LogP contribution is 2.18. The van der Waals surface area contributed by atoms with Crippen LogP contribution in [0, 0.1) is 0 Å². The predicted octanol–water partition coefficient (Wildman–Crippen LogP) is 4.05. The van der Waals surface area contributed by atoms with Gasteiger partial charge < -0.3 is 15.4 Å². The van der Waals surface area contributed by atoms with Crippen molar-refractivity contribution in [1.82, 2.24) is 10.3 Å². The van der Waals surface area contributed by atoms with E-state index in [9.17, 15) is 9.59 Å². The van der Waals surface area contributed by atoms with Gasteiger partial charge in [0.1, 0.15) is 5.75 Å². The Morgan fingerprint density at radius 1 is 0.966 bits per heavy atom. The van der Waals surface area contributed by atoms with Gasteiger partial charge >= 0.3 is 0 Å². The van der Waals surface area contributed by atoms with Gasteiger partial charge in [0.25, 0.3) is 11.8 Å². The molecule has 0 fully saturated rings. The third-order valence-electron chi connectivity index (χ3n) is 4.08. The van der Waals surface area contributed by atoms with Crippen LogP contribution < -0.4 is 15.4 Å². The maximum Gasteiger partial charge on any atom is 0.255 e. The smallest absolute Gasteiger partial charge is 0.255 e. The summed E-state index contributed by atoms with van der Waals surface area (Å²) in [6.45, 7) is 4.24. The number of amides is 2. The minimum Gasteiger partial charge on any atom is -0.491 e. The molecule has 0 aliphatic carbocycles. The molecular weight excluding hydrogens is 366 g/mol. The van der Waals surface area contributed by atoms with E-state index in [-0.39, 0.29) is 17.9 Å². The van der Waals surface area contributed by atoms with Crippen molar-refractivity contribution < 1.29 is 14.3 Å². The normalized spacial score (nSPS) is 10.4. The molecule has 2 amide bonds. The van der Waals surface area contributed by atoms with Crippen molar-refractivity contribution in [3.8, 4) is 5.75 Å². The van der Waals surface area contributed by atoms with Gasteiger partial charge in [0.2, 0.25) is 0 Å². The molecule has 1 heterocycles. The van der Waals surface area contributed by atoms with Crippen molar-refractivity contribution in [2.24, 2.45) is 0 Å². The Hall–Kier alpha value is -3.67. The second-order valence-corrected chi connectivity index (χ2v) is 6.73. The van der Waals surface area contributed by atoms with E-state index in [1.54, 1.807) is 60.9 Å². The first-order valence-electron chi connectivity index (χ1n) is 9.37. The van der Waals surface area contributed by atoms with Crippen LogP contribution in [-0.2, 0) is 6.54 Å². The lowest BCUT2D eigenvalue weighted by atomic mass is 10.1. The van der Waals surface area contributed by atoms with Crippen molar-refractivity contribution >= 4 is 17.5 Å². The number of ether oxygens (including phenoxy) is 1. The van der Waals surface area contributed by atoms with E-state index < -0.39 is 0 Å². The Morgan fingerprint density at radius 3 is 2.41 bits per heavy atom. The van der Waals surface area contributed by atoms with Crippen LogP contribution >= 0.6 is 0 Å². The molecule has 6 heteroatoms. The lowest BCUT2D eigenvalue weighted by molar-refractivity contribution is 0.0951. The number of rotatable bonds is 7. The number of anilines is 1. The van der Waals surface area contributed by atoms with Crippen LogP contribution in [0.2, 0.25) is 0 Å². The SMILES string of the molecule is CC(C)Oc1ccc(C(=O)Nc2ccccc2C(=O)NCc2cccnc2)cc1. The standard InChI is InChI=1S/C23H23N3O3/c1-16(2)29-19-11-9-18(10-12-19)22(27)26-21-8-4-3-7-20(21)23(28)25-15-17-6-5-13-24-14-17/h3-14,16H,15H2,1-2H3,(H,25,28)(H,26,27). The fraction of sp³-hybridized carbons (Fsp3) is 0.174. The number of nitrogens with zero attached hydrogens (tertiary/aromatic N) is 1. The quantitative estimate of drug-likeness (QED) is 0.639. The molecule has 148 valence electrons. The Labute approximate surface area is 169 Å². The number of para-hydroxylation sites is 1. The van der Waals surface area contributed by atoms with Crippen LogP contribution in [0.1, 0.15) is 40.1 Å². The van der Waals surface area contributed by atoms with Gasteiger partial charge in [-0.2, -0.15) is 0 Å². The first-order chi connectivity index (χ1) is 14.0. The zero-order valence-electron chi connectivity index (χ0n) is 16.4. The van der Waals surface area contributed by atoms with Gasteiger partial charge in [0.05, 0.1) is 17.4 Å². The summed E-state index contributed by atoms with van der Waals surface area (Å²) in [6.07, 6.45) is 3.44. The number of carbonyl (C=O) groups is 2. The van der Waals surface area contributed by atoms with Crippen molar-refractivity contribution in [3.63, 3.8) is 0 Å². The van der Waals surface area contributed by atoms with Gasteiger partial charge in [-0.25, -0.2) is 0 Å². The molecule has 2 N–H and O–H groups in total.